The van der Waals surface area contributed by atoms with Crippen LogP contribution in [-0.4, -0.2) is 43.6 Å². The highest BCUT2D eigenvalue weighted by Crippen LogP contribution is 2.31. The third kappa shape index (κ3) is 4.51. The lowest BCUT2D eigenvalue weighted by Gasteiger charge is -2.33. The number of methoxy groups -OCH3 is 1. The van der Waals surface area contributed by atoms with Gasteiger partial charge in [-0.1, -0.05) is 42.5 Å². The fourth-order valence-corrected chi connectivity index (χ4v) is 3.26. The molecule has 1 aliphatic heterocycles. The molecular formula is C23H24N2O5. The van der Waals surface area contributed by atoms with Gasteiger partial charge in [0.05, 0.1) is 30.9 Å². The highest BCUT2D eigenvalue weighted by Gasteiger charge is 2.35. The van der Waals surface area contributed by atoms with Crippen molar-refractivity contribution in [2.75, 3.05) is 20.8 Å². The van der Waals surface area contributed by atoms with E-state index >= 15 is 0 Å². The number of urea groups is 1. The zero-order valence-electron chi connectivity index (χ0n) is 17.2. The number of hydrogen-bond donors (Lipinski definition) is 1. The number of carbonyl (C=O) groups excluding carboxylic acids is 3. The molecule has 2 aromatic rings. The van der Waals surface area contributed by atoms with Gasteiger partial charge in [-0.15, -0.1) is 0 Å². The largest absolute Gasteiger partial charge is 0.465 e. The summed E-state index contributed by atoms with van der Waals surface area (Å²) in [5.74, 6) is -0.946. The maximum Gasteiger partial charge on any atom is 0.338 e. The van der Waals surface area contributed by atoms with Gasteiger partial charge in [-0.2, -0.15) is 0 Å². The SMILES string of the molecule is COC(=O)c1ccc([C@H]2NC(=O)N(C)C(C)=C2C(=O)OCCc2ccccc2)cc1. The molecule has 1 aliphatic rings. The quantitative estimate of drug-likeness (QED) is 0.742. The van der Waals surface area contributed by atoms with Crippen LogP contribution in [-0.2, 0) is 20.7 Å². The molecule has 0 bridgehead atoms. The Hall–Kier alpha value is -3.61. The summed E-state index contributed by atoms with van der Waals surface area (Å²) in [7, 11) is 2.90. The zero-order valence-corrected chi connectivity index (χ0v) is 17.2. The van der Waals surface area contributed by atoms with Crippen molar-refractivity contribution in [2.24, 2.45) is 0 Å². The van der Waals surface area contributed by atoms with Crippen molar-refractivity contribution in [3.05, 3.63) is 82.6 Å². The lowest BCUT2D eigenvalue weighted by molar-refractivity contribution is -0.139. The number of amides is 2. The maximum absolute atomic E-state index is 12.9. The Bertz CT molecular complexity index is 967. The molecule has 0 fully saturated rings. The number of benzene rings is 2. The van der Waals surface area contributed by atoms with E-state index in [1.165, 1.54) is 12.0 Å². The fourth-order valence-electron chi connectivity index (χ4n) is 3.26. The van der Waals surface area contributed by atoms with Crippen LogP contribution < -0.4 is 5.32 Å². The first kappa shape index (κ1) is 21.1. The number of rotatable bonds is 6. The van der Waals surface area contributed by atoms with Gasteiger partial charge in [0.25, 0.3) is 0 Å². The Labute approximate surface area is 175 Å². The molecule has 7 nitrogen and oxygen atoms in total. The second-order valence-electron chi connectivity index (χ2n) is 6.93. The van der Waals surface area contributed by atoms with Crippen molar-refractivity contribution in [3.63, 3.8) is 0 Å². The van der Waals surface area contributed by atoms with Gasteiger partial charge >= 0.3 is 18.0 Å². The minimum Gasteiger partial charge on any atom is -0.465 e. The van der Waals surface area contributed by atoms with E-state index in [1.54, 1.807) is 38.2 Å². The van der Waals surface area contributed by atoms with Crippen LogP contribution in [0.15, 0.2) is 65.9 Å². The normalized spacial score (nSPS) is 16.2. The molecule has 0 unspecified atom stereocenters. The molecule has 1 heterocycles. The number of allylic oxidation sites excluding steroid dienone is 1. The fraction of sp³-hybridized carbons (Fsp3) is 0.261. The highest BCUT2D eigenvalue weighted by atomic mass is 16.5. The Kier molecular flexibility index (Phi) is 6.51. The van der Waals surface area contributed by atoms with Crippen LogP contribution in [0.2, 0.25) is 0 Å². The summed E-state index contributed by atoms with van der Waals surface area (Å²) in [6.07, 6.45) is 0.597. The predicted octanol–water partition coefficient (Wildman–Crippen LogP) is 3.23. The van der Waals surface area contributed by atoms with Crippen LogP contribution in [0.3, 0.4) is 0 Å². The van der Waals surface area contributed by atoms with Gasteiger partial charge in [0, 0.05) is 19.2 Å². The van der Waals surface area contributed by atoms with Crippen LogP contribution in [0.4, 0.5) is 4.79 Å². The molecule has 1 atom stereocenters. The lowest BCUT2D eigenvalue weighted by atomic mass is 9.94. The van der Waals surface area contributed by atoms with Crippen molar-refractivity contribution < 1.29 is 23.9 Å². The molecule has 1 N–H and O–H groups in total. The molecule has 0 aliphatic carbocycles. The Balaban J connectivity index is 1.81. The van der Waals surface area contributed by atoms with Gasteiger partial charge in [-0.05, 0) is 30.2 Å². The lowest BCUT2D eigenvalue weighted by Crippen LogP contribution is -2.46. The molecule has 0 saturated carbocycles. The van der Waals surface area contributed by atoms with Crippen molar-refractivity contribution in [3.8, 4) is 0 Å². The summed E-state index contributed by atoms with van der Waals surface area (Å²) >= 11 is 0. The Morgan fingerprint density at radius 1 is 1.03 bits per heavy atom. The predicted molar refractivity (Wildman–Crippen MR) is 111 cm³/mol. The number of ether oxygens (including phenoxy) is 2. The molecule has 30 heavy (non-hydrogen) atoms. The molecule has 0 saturated heterocycles. The van der Waals surface area contributed by atoms with Crippen LogP contribution in [0.25, 0.3) is 0 Å². The first-order chi connectivity index (χ1) is 14.4. The number of esters is 2. The van der Waals surface area contributed by atoms with Crippen molar-refractivity contribution >= 4 is 18.0 Å². The van der Waals surface area contributed by atoms with Crippen molar-refractivity contribution in [1.29, 1.82) is 0 Å². The summed E-state index contributed by atoms with van der Waals surface area (Å²) in [5.41, 5.74) is 2.99. The molecule has 2 amide bonds. The summed E-state index contributed by atoms with van der Waals surface area (Å²) in [5, 5.41) is 2.83. The van der Waals surface area contributed by atoms with Gasteiger partial charge in [0.2, 0.25) is 0 Å². The van der Waals surface area contributed by atoms with E-state index in [2.05, 4.69) is 5.32 Å². The minimum atomic E-state index is -0.676. The van der Waals surface area contributed by atoms with E-state index in [0.29, 0.717) is 28.8 Å². The molecule has 2 aromatic carbocycles. The molecule has 0 radical (unpaired) electrons. The molecule has 0 aromatic heterocycles. The van der Waals surface area contributed by atoms with Gasteiger partial charge in [-0.3, -0.25) is 0 Å². The van der Waals surface area contributed by atoms with E-state index in [4.69, 9.17) is 9.47 Å². The molecular weight excluding hydrogens is 384 g/mol. The third-order valence-electron chi connectivity index (χ3n) is 5.11. The van der Waals surface area contributed by atoms with Crippen LogP contribution in [0, 0.1) is 0 Å². The first-order valence-electron chi connectivity index (χ1n) is 9.56. The number of carbonyl (C=O) groups is 3. The highest BCUT2D eigenvalue weighted by molar-refractivity contribution is 5.95. The first-order valence-corrected chi connectivity index (χ1v) is 9.56. The molecule has 3 rings (SSSR count). The zero-order chi connectivity index (χ0) is 21.7. The summed E-state index contributed by atoms with van der Waals surface area (Å²) < 4.78 is 10.2. The topological polar surface area (TPSA) is 84.9 Å². The standard InChI is InChI=1S/C23H24N2O5/c1-15-19(22(27)30-14-13-16-7-5-4-6-8-16)20(24-23(28)25(15)2)17-9-11-18(12-10-17)21(26)29-3/h4-12,20H,13-14H2,1-3H3,(H,24,28)/t20-/m1/s1. The van der Waals surface area contributed by atoms with Crippen LogP contribution >= 0.6 is 0 Å². The second kappa shape index (κ2) is 9.26. The van der Waals surface area contributed by atoms with Crippen LogP contribution in [0.1, 0.15) is 34.5 Å². The van der Waals surface area contributed by atoms with E-state index in [-0.39, 0.29) is 12.6 Å². The number of hydrogen-bond acceptors (Lipinski definition) is 5. The minimum absolute atomic E-state index is 0.227. The van der Waals surface area contributed by atoms with E-state index in [1.807, 2.05) is 30.3 Å². The van der Waals surface area contributed by atoms with Gasteiger partial charge < -0.3 is 19.7 Å². The average Bonchev–Trinajstić information content (AvgIpc) is 2.77. The summed E-state index contributed by atoms with van der Waals surface area (Å²) in [6, 6.07) is 15.3. The second-order valence-corrected chi connectivity index (χ2v) is 6.93. The summed E-state index contributed by atoms with van der Waals surface area (Å²) in [4.78, 5) is 38.3. The van der Waals surface area contributed by atoms with Crippen molar-refractivity contribution in [2.45, 2.75) is 19.4 Å². The number of nitrogens with one attached hydrogen (secondary N) is 1. The van der Waals surface area contributed by atoms with Crippen molar-refractivity contribution in [1.82, 2.24) is 10.2 Å². The smallest absolute Gasteiger partial charge is 0.338 e. The van der Waals surface area contributed by atoms with Gasteiger partial charge in [-0.25, -0.2) is 14.4 Å². The maximum atomic E-state index is 12.9. The number of nitrogens with zero attached hydrogens (tertiary/aromatic N) is 1. The van der Waals surface area contributed by atoms with Gasteiger partial charge in [0.15, 0.2) is 0 Å². The van der Waals surface area contributed by atoms with Gasteiger partial charge in [0.1, 0.15) is 0 Å². The summed E-state index contributed by atoms with van der Waals surface area (Å²) in [6.45, 7) is 1.94. The monoisotopic (exact) mass is 408 g/mol. The Morgan fingerprint density at radius 2 is 1.70 bits per heavy atom. The third-order valence-corrected chi connectivity index (χ3v) is 5.11. The average molecular weight is 408 g/mol. The Morgan fingerprint density at radius 3 is 2.33 bits per heavy atom. The van der Waals surface area contributed by atoms with E-state index in [0.717, 1.165) is 5.56 Å². The van der Waals surface area contributed by atoms with E-state index in [9.17, 15) is 14.4 Å². The van der Waals surface area contributed by atoms with Crippen LogP contribution in [0.5, 0.6) is 0 Å². The molecule has 0 spiro atoms. The molecule has 7 heteroatoms. The van der Waals surface area contributed by atoms with E-state index < -0.39 is 18.0 Å². The molecule has 156 valence electrons.